The Morgan fingerprint density at radius 3 is 2.90 bits per heavy atom. The van der Waals surface area contributed by atoms with Crippen LogP contribution in [0.2, 0.25) is 0 Å². The molecule has 0 atom stereocenters. The summed E-state index contributed by atoms with van der Waals surface area (Å²) >= 11 is 1.30. The summed E-state index contributed by atoms with van der Waals surface area (Å²) in [5.74, 6) is 6.05. The Labute approximate surface area is 121 Å². The van der Waals surface area contributed by atoms with Gasteiger partial charge in [0.15, 0.2) is 5.16 Å². The lowest BCUT2D eigenvalue weighted by atomic mass is 10.2. The van der Waals surface area contributed by atoms with Gasteiger partial charge in [-0.1, -0.05) is 48.2 Å². The van der Waals surface area contributed by atoms with E-state index in [0.717, 1.165) is 11.3 Å². The third-order valence-electron chi connectivity index (χ3n) is 2.54. The molecule has 0 unspecified atom stereocenters. The predicted molar refractivity (Wildman–Crippen MR) is 81.7 cm³/mol. The van der Waals surface area contributed by atoms with E-state index in [1.165, 1.54) is 16.4 Å². The van der Waals surface area contributed by atoms with E-state index in [0.29, 0.717) is 11.7 Å². The van der Waals surface area contributed by atoms with Crippen LogP contribution in [-0.2, 0) is 4.79 Å². The van der Waals surface area contributed by atoms with Crippen molar-refractivity contribution < 1.29 is 4.79 Å². The van der Waals surface area contributed by atoms with Gasteiger partial charge in [-0.25, -0.2) is 9.66 Å². The van der Waals surface area contributed by atoms with Crippen LogP contribution in [0.1, 0.15) is 0 Å². The predicted octanol–water partition coefficient (Wildman–Crippen LogP) is 1.66. The van der Waals surface area contributed by atoms with Crippen LogP contribution in [0.25, 0.3) is 11.3 Å². The monoisotopic (exact) mass is 288 g/mol. The molecule has 2 aromatic rings. The molecule has 0 aliphatic carbocycles. The van der Waals surface area contributed by atoms with Gasteiger partial charge in [0.1, 0.15) is 0 Å². The van der Waals surface area contributed by atoms with Gasteiger partial charge in [0.25, 0.3) is 0 Å². The van der Waals surface area contributed by atoms with Gasteiger partial charge >= 0.3 is 0 Å². The molecular formula is C14H16N4OS. The number of nitrogens with two attached hydrogens (primary N) is 1. The molecular weight excluding hydrogens is 272 g/mol. The fourth-order valence-corrected chi connectivity index (χ4v) is 2.33. The summed E-state index contributed by atoms with van der Waals surface area (Å²) in [5, 5.41) is 3.31. The molecule has 1 amide bonds. The van der Waals surface area contributed by atoms with Gasteiger partial charge in [0.05, 0.1) is 17.6 Å². The smallest absolute Gasteiger partial charge is 0.230 e. The topological polar surface area (TPSA) is 72.9 Å². The maximum absolute atomic E-state index is 11.5. The van der Waals surface area contributed by atoms with Crippen molar-refractivity contribution in [1.29, 1.82) is 0 Å². The van der Waals surface area contributed by atoms with E-state index < -0.39 is 0 Å². The van der Waals surface area contributed by atoms with Crippen molar-refractivity contribution in [2.24, 2.45) is 0 Å². The van der Waals surface area contributed by atoms with Crippen LogP contribution in [0.5, 0.6) is 0 Å². The largest absolute Gasteiger partial charge is 0.352 e. The summed E-state index contributed by atoms with van der Waals surface area (Å²) in [6, 6.07) is 9.77. The van der Waals surface area contributed by atoms with Crippen LogP contribution in [-0.4, -0.2) is 27.9 Å². The van der Waals surface area contributed by atoms with Crippen molar-refractivity contribution in [2.45, 2.75) is 5.16 Å². The number of amides is 1. The SMILES string of the molecule is C=CCNC(=O)CSc1nc(-c2ccccc2)cn1N. The minimum Gasteiger partial charge on any atom is -0.352 e. The fourth-order valence-electron chi connectivity index (χ4n) is 1.60. The lowest BCUT2D eigenvalue weighted by Gasteiger charge is -2.01. The highest BCUT2D eigenvalue weighted by Crippen LogP contribution is 2.22. The number of aromatic nitrogens is 2. The molecule has 0 spiro atoms. The number of carbonyl (C=O) groups excluding carboxylic acids is 1. The van der Waals surface area contributed by atoms with E-state index in [2.05, 4.69) is 16.9 Å². The first-order valence-electron chi connectivity index (χ1n) is 6.11. The summed E-state index contributed by atoms with van der Waals surface area (Å²) in [5.41, 5.74) is 1.79. The molecule has 20 heavy (non-hydrogen) atoms. The third kappa shape index (κ3) is 3.64. The quantitative estimate of drug-likeness (QED) is 0.482. The van der Waals surface area contributed by atoms with Gasteiger partial charge in [-0.3, -0.25) is 4.79 Å². The molecule has 0 fully saturated rings. The van der Waals surface area contributed by atoms with Crippen molar-refractivity contribution in [3.63, 3.8) is 0 Å². The van der Waals surface area contributed by atoms with Crippen molar-refractivity contribution in [2.75, 3.05) is 18.1 Å². The minimum atomic E-state index is -0.0702. The first-order chi connectivity index (χ1) is 9.70. The lowest BCUT2D eigenvalue weighted by Crippen LogP contribution is -2.25. The van der Waals surface area contributed by atoms with E-state index >= 15 is 0 Å². The molecule has 1 aromatic carbocycles. The Bertz CT molecular complexity index is 594. The van der Waals surface area contributed by atoms with Crippen molar-refractivity contribution in [3.8, 4) is 11.3 Å². The molecule has 0 saturated carbocycles. The number of benzene rings is 1. The van der Waals surface area contributed by atoms with E-state index in [-0.39, 0.29) is 11.7 Å². The maximum atomic E-state index is 11.5. The van der Waals surface area contributed by atoms with Crippen LogP contribution in [0.4, 0.5) is 0 Å². The molecule has 0 saturated heterocycles. The van der Waals surface area contributed by atoms with Crippen molar-refractivity contribution in [1.82, 2.24) is 15.0 Å². The zero-order valence-electron chi connectivity index (χ0n) is 11.0. The highest BCUT2D eigenvalue weighted by Gasteiger charge is 2.10. The van der Waals surface area contributed by atoms with Crippen LogP contribution in [0, 0.1) is 0 Å². The Morgan fingerprint density at radius 1 is 1.45 bits per heavy atom. The second-order valence-electron chi connectivity index (χ2n) is 4.06. The van der Waals surface area contributed by atoms with E-state index in [9.17, 15) is 4.79 Å². The van der Waals surface area contributed by atoms with Gasteiger partial charge in [0.2, 0.25) is 5.91 Å². The summed E-state index contributed by atoms with van der Waals surface area (Å²) in [4.78, 5) is 15.9. The number of thioether (sulfide) groups is 1. The summed E-state index contributed by atoms with van der Waals surface area (Å²) in [7, 11) is 0. The zero-order valence-corrected chi connectivity index (χ0v) is 11.8. The maximum Gasteiger partial charge on any atom is 0.230 e. The average Bonchev–Trinajstić information content (AvgIpc) is 2.85. The summed E-state index contributed by atoms with van der Waals surface area (Å²) in [6.45, 7) is 4.01. The first kappa shape index (κ1) is 14.2. The molecule has 1 aromatic heterocycles. The second kappa shape index (κ2) is 6.81. The van der Waals surface area contributed by atoms with E-state index in [1.54, 1.807) is 12.3 Å². The average molecular weight is 288 g/mol. The number of carbonyl (C=O) groups is 1. The van der Waals surface area contributed by atoms with Crippen LogP contribution < -0.4 is 11.2 Å². The number of imidazole rings is 1. The molecule has 0 bridgehead atoms. The van der Waals surface area contributed by atoms with Gasteiger partial charge in [-0.2, -0.15) is 0 Å². The molecule has 1 heterocycles. The Hall–Kier alpha value is -2.21. The Kier molecular flexibility index (Phi) is 4.84. The Morgan fingerprint density at radius 2 is 2.20 bits per heavy atom. The molecule has 0 aliphatic heterocycles. The van der Waals surface area contributed by atoms with Gasteiger partial charge in [-0.15, -0.1) is 6.58 Å². The van der Waals surface area contributed by atoms with Crippen molar-refractivity contribution in [3.05, 3.63) is 49.2 Å². The molecule has 2 rings (SSSR count). The highest BCUT2D eigenvalue weighted by atomic mass is 32.2. The molecule has 3 N–H and O–H groups in total. The number of nitrogens with zero attached hydrogens (tertiary/aromatic N) is 2. The number of hydrogen-bond acceptors (Lipinski definition) is 4. The summed E-state index contributed by atoms with van der Waals surface area (Å²) in [6.07, 6.45) is 3.39. The summed E-state index contributed by atoms with van der Waals surface area (Å²) < 4.78 is 1.44. The third-order valence-corrected chi connectivity index (χ3v) is 3.51. The lowest BCUT2D eigenvalue weighted by molar-refractivity contribution is -0.118. The number of hydrogen-bond donors (Lipinski definition) is 2. The number of nitrogens with one attached hydrogen (secondary N) is 1. The van der Waals surface area contributed by atoms with Gasteiger partial charge in [-0.05, 0) is 0 Å². The normalized spacial score (nSPS) is 10.2. The molecule has 5 nitrogen and oxygen atoms in total. The standard InChI is InChI=1S/C14H16N4OS/c1-2-8-16-13(19)10-20-14-17-12(9-18(14)15)11-6-4-3-5-7-11/h2-7,9H,1,8,10,15H2,(H,16,19). The van der Waals surface area contributed by atoms with Crippen molar-refractivity contribution >= 4 is 17.7 Å². The number of nitrogen functional groups attached to an aromatic ring is 1. The second-order valence-corrected chi connectivity index (χ2v) is 5.01. The van der Waals surface area contributed by atoms with Gasteiger partial charge in [0, 0.05) is 12.1 Å². The minimum absolute atomic E-state index is 0.0702. The Balaban J connectivity index is 2.01. The van der Waals surface area contributed by atoms with E-state index in [4.69, 9.17) is 5.84 Å². The van der Waals surface area contributed by atoms with Crippen LogP contribution >= 0.6 is 11.8 Å². The fraction of sp³-hybridized carbons (Fsp3) is 0.143. The first-order valence-corrected chi connectivity index (χ1v) is 7.09. The van der Waals surface area contributed by atoms with Gasteiger partial charge < -0.3 is 11.2 Å². The van der Waals surface area contributed by atoms with Crippen LogP contribution in [0.3, 0.4) is 0 Å². The molecule has 0 aliphatic rings. The zero-order chi connectivity index (χ0) is 14.4. The molecule has 0 radical (unpaired) electrons. The molecule has 6 heteroatoms. The van der Waals surface area contributed by atoms with Crippen LogP contribution in [0.15, 0.2) is 54.3 Å². The highest BCUT2D eigenvalue weighted by molar-refractivity contribution is 7.99. The number of rotatable bonds is 6. The van der Waals surface area contributed by atoms with E-state index in [1.807, 2.05) is 30.3 Å². The molecule has 104 valence electrons.